The second-order valence-corrected chi connectivity index (χ2v) is 20.1. The maximum atomic E-state index is 12.3. The van der Waals surface area contributed by atoms with Gasteiger partial charge in [-0.1, -0.05) is 0 Å². The quantitative estimate of drug-likeness (QED) is 0.0319. The minimum Gasteiger partial charge on any atom is -0.481 e. The molecule has 0 spiro atoms. The number of aromatic amines is 3. The van der Waals surface area contributed by atoms with Gasteiger partial charge >= 0.3 is 35.8 Å². The van der Waals surface area contributed by atoms with Gasteiger partial charge in [0.15, 0.2) is 33.5 Å². The van der Waals surface area contributed by atoms with Crippen LogP contribution in [-0.2, 0) is 48.4 Å². The van der Waals surface area contributed by atoms with Crippen LogP contribution in [0.3, 0.4) is 0 Å². The van der Waals surface area contributed by atoms with Crippen LogP contribution >= 0.6 is 0 Å². The van der Waals surface area contributed by atoms with E-state index < -0.39 is 88.3 Å². The molecular weight excluding hydrogens is 1420 g/mol. The number of amides is 3. The Balaban J connectivity index is 0.000000229. The number of hydrogen-bond acceptors (Lipinski definition) is 27. The molecule has 6 heterocycles. The predicted molar refractivity (Wildman–Crippen MR) is 336 cm³/mol. The van der Waals surface area contributed by atoms with Gasteiger partial charge in [-0.3, -0.25) is 58.1 Å². The van der Waals surface area contributed by atoms with Crippen LogP contribution in [0.5, 0.6) is 0 Å². The first-order valence-corrected chi connectivity index (χ1v) is 28.0. The molecule has 9 aromatic rings. The summed E-state index contributed by atoms with van der Waals surface area (Å²) in [4.78, 5) is 182. The smallest absolute Gasteiger partial charge is 0.326 e. The fourth-order valence-corrected chi connectivity index (χ4v) is 8.26. The van der Waals surface area contributed by atoms with E-state index in [0.29, 0.717) is 34.1 Å². The summed E-state index contributed by atoms with van der Waals surface area (Å²) in [7, 11) is 0. The summed E-state index contributed by atoms with van der Waals surface area (Å²) in [5, 5.41) is 69.6. The van der Waals surface area contributed by atoms with Crippen molar-refractivity contribution in [2.75, 3.05) is 33.2 Å². The monoisotopic (exact) mass is 1480 g/mol. The molecule has 21 N–H and O–H groups in total. The second-order valence-electron chi connectivity index (χ2n) is 20.1. The number of nitrogen functional groups attached to an aromatic ring is 3. The van der Waals surface area contributed by atoms with Gasteiger partial charge in [0.1, 0.15) is 18.1 Å². The molecule has 6 aromatic heterocycles. The van der Waals surface area contributed by atoms with Crippen LogP contribution in [0.2, 0.25) is 0 Å². The standard InChI is InChI=1S/3C19H19N7O6.Eu/c3*20-19-25-15-14(17(30)26-19)23-11(8-22-15)7-21-10-3-1-9(2-4-10)16(29)24-12(18(31)32)5-6-13(27)28;/h3*1-4,8,12,21H,5-7H2,(H,24,29)(H,27,28)(H,31,32)(H3,20,22,25,26,30);/t3*12-;/m000./s1. The molecule has 0 saturated carbocycles. The van der Waals surface area contributed by atoms with Crippen LogP contribution in [0.15, 0.2) is 106 Å². The third-order valence-corrected chi connectivity index (χ3v) is 13.1. The Morgan fingerprint density at radius 1 is 0.381 bits per heavy atom. The molecular formula is C57H57EuN21O18. The first-order chi connectivity index (χ1) is 45.7. The van der Waals surface area contributed by atoms with Crippen LogP contribution < -0.4 is 65.8 Å². The van der Waals surface area contributed by atoms with E-state index in [1.54, 1.807) is 36.4 Å². The van der Waals surface area contributed by atoms with Gasteiger partial charge in [0, 0.05) is 102 Å². The molecule has 0 aliphatic carbocycles. The van der Waals surface area contributed by atoms with Gasteiger partial charge in [-0.15, -0.1) is 0 Å². The molecule has 0 bridgehead atoms. The van der Waals surface area contributed by atoms with Crippen molar-refractivity contribution in [1.29, 1.82) is 0 Å². The number of benzene rings is 3. The number of aliphatic carboxylic acids is 6. The van der Waals surface area contributed by atoms with E-state index in [2.05, 4.69) is 91.7 Å². The van der Waals surface area contributed by atoms with E-state index in [1.165, 1.54) is 55.0 Å². The molecule has 97 heavy (non-hydrogen) atoms. The molecule has 40 heteroatoms. The van der Waals surface area contributed by atoms with E-state index in [9.17, 15) is 57.5 Å². The minimum atomic E-state index is -1.31. The average molecular weight is 1480 g/mol. The summed E-state index contributed by atoms with van der Waals surface area (Å²) in [6.45, 7) is 0.692. The zero-order valence-corrected chi connectivity index (χ0v) is 52.4. The molecule has 1 radical (unpaired) electrons. The third-order valence-electron chi connectivity index (χ3n) is 13.1. The number of nitrogens with one attached hydrogen (secondary N) is 9. The second kappa shape index (κ2) is 34.7. The molecule has 0 aliphatic heterocycles. The number of fused-ring (bicyclic) bond motifs is 3. The van der Waals surface area contributed by atoms with Crippen molar-refractivity contribution >= 4 is 122 Å². The number of carbonyl (C=O) groups is 9. The van der Waals surface area contributed by atoms with Crippen molar-refractivity contribution in [3.63, 3.8) is 0 Å². The average Bonchev–Trinajstić information content (AvgIpc) is 0.854. The fourth-order valence-electron chi connectivity index (χ4n) is 8.26. The van der Waals surface area contributed by atoms with E-state index >= 15 is 0 Å². The fraction of sp³-hybridized carbons (Fsp3) is 0.211. The Hall–Kier alpha value is -12.1. The molecule has 9 rings (SSSR count). The first kappa shape index (κ1) is 74.0. The zero-order valence-electron chi connectivity index (χ0n) is 50.0. The van der Waals surface area contributed by atoms with E-state index in [-0.39, 0.29) is 176 Å². The normalized spacial score (nSPS) is 11.5. The number of carboxylic acid groups (broad SMARTS) is 6. The summed E-state index contributed by atoms with van der Waals surface area (Å²) < 4.78 is 0. The number of hydrogen-bond donors (Lipinski definition) is 18. The molecule has 0 saturated heterocycles. The number of H-pyrrole nitrogens is 3. The van der Waals surface area contributed by atoms with E-state index in [4.69, 9.17) is 47.8 Å². The molecule has 3 aromatic carbocycles. The molecule has 39 nitrogen and oxygen atoms in total. The van der Waals surface area contributed by atoms with Crippen molar-refractivity contribution in [3.05, 3.63) is 156 Å². The summed E-state index contributed by atoms with van der Waals surface area (Å²) in [5.74, 6) is -9.47. The van der Waals surface area contributed by atoms with E-state index in [1.807, 2.05) is 0 Å². The van der Waals surface area contributed by atoms with Gasteiger partial charge in [-0.05, 0) is 92.1 Å². The molecule has 0 unspecified atom stereocenters. The van der Waals surface area contributed by atoms with Gasteiger partial charge < -0.3 is 79.7 Å². The number of nitrogens with two attached hydrogens (primary N) is 3. The third kappa shape index (κ3) is 22.3. The Labute approximate surface area is 582 Å². The summed E-state index contributed by atoms with van der Waals surface area (Å²) >= 11 is 0. The van der Waals surface area contributed by atoms with Gasteiger partial charge in [0.05, 0.1) is 55.3 Å². The Kier molecular flexibility index (Phi) is 26.5. The molecule has 0 fully saturated rings. The molecule has 0 aliphatic rings. The van der Waals surface area contributed by atoms with Crippen LogP contribution in [0, 0.1) is 49.4 Å². The number of carboxylic acids is 6. The molecule has 3 amide bonds. The van der Waals surface area contributed by atoms with Crippen LogP contribution in [-0.4, -0.2) is 162 Å². The van der Waals surface area contributed by atoms with Crippen molar-refractivity contribution < 1.29 is 123 Å². The van der Waals surface area contributed by atoms with Gasteiger partial charge in [-0.2, -0.15) is 15.0 Å². The SMILES string of the molecule is Nc1nc2ncc(CNc3ccc(C(=O)N[C@@H](CCC(=O)O)C(=O)O)cc3)nc2c(=O)[nH]1.Nc1nc2ncc(CNc3ccc(C(=O)N[C@@H](CCC(=O)O)C(=O)O)cc3)nc2c(=O)[nH]1.Nc1nc2ncc(CNc3ccc(C(=O)N[C@@H](CCC(=O)O)C(=O)O)cc3)nc2c(=O)[nH]1.[Eu]. The number of rotatable bonds is 27. The Bertz CT molecular complexity index is 4140. The molecule has 3 atom stereocenters. The van der Waals surface area contributed by atoms with Crippen LogP contribution in [0.1, 0.15) is 86.7 Å². The molecule has 505 valence electrons. The van der Waals surface area contributed by atoms with Crippen molar-refractivity contribution in [2.45, 2.75) is 76.3 Å². The van der Waals surface area contributed by atoms with Gasteiger partial charge in [-0.25, -0.2) is 44.3 Å². The predicted octanol–water partition coefficient (Wildman–Crippen LogP) is -0.134. The van der Waals surface area contributed by atoms with Gasteiger partial charge in [0.25, 0.3) is 34.4 Å². The topological polar surface area (TPSA) is 640 Å². The summed E-state index contributed by atoms with van der Waals surface area (Å²) in [5.41, 5.74) is 19.4. The maximum Gasteiger partial charge on any atom is 0.326 e. The number of aromatic nitrogens is 12. The van der Waals surface area contributed by atoms with Crippen LogP contribution in [0.25, 0.3) is 33.5 Å². The largest absolute Gasteiger partial charge is 0.481 e. The number of nitrogens with zero attached hydrogens (tertiary/aromatic N) is 9. The zero-order chi connectivity index (χ0) is 69.8. The summed E-state index contributed by atoms with van der Waals surface area (Å²) in [6.07, 6.45) is 2.52. The van der Waals surface area contributed by atoms with Crippen molar-refractivity contribution in [3.8, 4) is 0 Å². The van der Waals surface area contributed by atoms with Crippen LogP contribution in [0.4, 0.5) is 34.9 Å². The van der Waals surface area contributed by atoms with Crippen molar-refractivity contribution in [1.82, 2.24) is 75.8 Å². The maximum absolute atomic E-state index is 12.3. The minimum absolute atomic E-state index is 0. The Morgan fingerprint density at radius 2 is 0.619 bits per heavy atom. The first-order valence-electron chi connectivity index (χ1n) is 28.0. The number of carbonyl (C=O) groups excluding carboxylic acids is 3. The number of anilines is 6. The van der Waals surface area contributed by atoms with Gasteiger partial charge in [0.2, 0.25) is 17.8 Å². The summed E-state index contributed by atoms with van der Waals surface area (Å²) in [6, 6.07) is 14.6. The van der Waals surface area contributed by atoms with E-state index in [0.717, 1.165) is 0 Å². The Morgan fingerprint density at radius 3 is 0.835 bits per heavy atom. The van der Waals surface area contributed by atoms with Crippen molar-refractivity contribution in [2.24, 2.45) is 0 Å².